The van der Waals surface area contributed by atoms with E-state index in [1.165, 1.54) is 6.42 Å². The zero-order valence-electron chi connectivity index (χ0n) is 11.8. The Kier molecular flexibility index (Phi) is 2.81. The van der Waals surface area contributed by atoms with Crippen molar-refractivity contribution in [2.75, 3.05) is 0 Å². The van der Waals surface area contributed by atoms with Gasteiger partial charge in [0.1, 0.15) is 0 Å². The van der Waals surface area contributed by atoms with Crippen molar-refractivity contribution in [3.05, 3.63) is 29.8 Å². The van der Waals surface area contributed by atoms with Crippen LogP contribution in [0.5, 0.6) is 0 Å². The first-order valence-electron chi connectivity index (χ1n) is 6.96. The lowest BCUT2D eigenvalue weighted by Crippen LogP contribution is -2.18. The van der Waals surface area contributed by atoms with Crippen molar-refractivity contribution in [3.8, 4) is 0 Å². The minimum Gasteiger partial charge on any atom is -0.207 e. The summed E-state index contributed by atoms with van der Waals surface area (Å²) in [4.78, 5) is 0.440. The third-order valence-electron chi connectivity index (χ3n) is 4.30. The van der Waals surface area contributed by atoms with Gasteiger partial charge in [-0.2, -0.15) is 4.31 Å². The average molecular weight is 279 g/mol. The molecule has 0 N–H and O–H groups in total. The minimum atomic E-state index is -3.25. The number of fused-ring (bicyclic) bond motifs is 1. The summed E-state index contributed by atoms with van der Waals surface area (Å²) >= 11 is 0. The predicted octanol–water partition coefficient (Wildman–Crippen LogP) is 2.91. The predicted molar refractivity (Wildman–Crippen MR) is 75.6 cm³/mol. The van der Waals surface area contributed by atoms with Crippen LogP contribution in [0.2, 0.25) is 0 Å². The Bertz CT molecular complexity index is 574. The van der Waals surface area contributed by atoms with Gasteiger partial charge in [0.2, 0.25) is 10.0 Å². The van der Waals surface area contributed by atoms with Crippen LogP contribution in [0.25, 0.3) is 0 Å². The van der Waals surface area contributed by atoms with Crippen molar-refractivity contribution in [2.45, 2.75) is 62.4 Å². The molecule has 0 amide bonds. The summed E-state index contributed by atoms with van der Waals surface area (Å²) in [7, 11) is -3.25. The van der Waals surface area contributed by atoms with Gasteiger partial charge in [-0.25, -0.2) is 8.42 Å². The molecule has 1 saturated heterocycles. The molecule has 1 saturated carbocycles. The molecule has 1 aliphatic heterocycles. The van der Waals surface area contributed by atoms with Crippen LogP contribution in [-0.4, -0.2) is 24.8 Å². The molecule has 1 aromatic rings. The lowest BCUT2D eigenvalue weighted by Gasteiger charge is -2.19. The van der Waals surface area contributed by atoms with Gasteiger partial charge in [-0.3, -0.25) is 0 Å². The highest BCUT2D eigenvalue weighted by Crippen LogP contribution is 2.46. The molecule has 0 bridgehead atoms. The topological polar surface area (TPSA) is 37.1 Å². The molecular formula is C15H21NO2S. The molecule has 2 atom stereocenters. The third-order valence-corrected chi connectivity index (χ3v) is 6.27. The second-order valence-electron chi connectivity index (χ2n) is 6.67. The lowest BCUT2D eigenvalue weighted by atomic mass is 9.87. The van der Waals surface area contributed by atoms with Gasteiger partial charge in [0, 0.05) is 12.1 Å². The SMILES string of the molecule is CC(C)(C)c1ccc(S(=O)(=O)N2C3CCCC32)cc1. The van der Waals surface area contributed by atoms with Crippen LogP contribution in [0.4, 0.5) is 0 Å². The van der Waals surface area contributed by atoms with Gasteiger partial charge in [-0.1, -0.05) is 39.3 Å². The second-order valence-corrected chi connectivity index (χ2v) is 8.52. The van der Waals surface area contributed by atoms with Crippen LogP contribution < -0.4 is 0 Å². The molecule has 2 fully saturated rings. The van der Waals surface area contributed by atoms with E-state index in [0.29, 0.717) is 4.90 Å². The summed E-state index contributed by atoms with van der Waals surface area (Å²) in [6.45, 7) is 6.39. The van der Waals surface area contributed by atoms with Gasteiger partial charge in [0.05, 0.1) is 4.90 Å². The summed E-state index contributed by atoms with van der Waals surface area (Å²) in [5.41, 5.74) is 1.22. The van der Waals surface area contributed by atoms with E-state index < -0.39 is 10.0 Å². The lowest BCUT2D eigenvalue weighted by molar-refractivity contribution is 0.517. The maximum absolute atomic E-state index is 12.5. The molecule has 3 nitrogen and oxygen atoms in total. The first-order valence-corrected chi connectivity index (χ1v) is 8.40. The van der Waals surface area contributed by atoms with E-state index in [2.05, 4.69) is 20.8 Å². The summed E-state index contributed by atoms with van der Waals surface area (Å²) < 4.78 is 26.7. The van der Waals surface area contributed by atoms with Crippen molar-refractivity contribution < 1.29 is 8.42 Å². The van der Waals surface area contributed by atoms with Crippen LogP contribution in [0.3, 0.4) is 0 Å². The Morgan fingerprint density at radius 2 is 1.58 bits per heavy atom. The first-order chi connectivity index (χ1) is 8.82. The highest BCUT2D eigenvalue weighted by atomic mass is 32.2. The van der Waals surface area contributed by atoms with Crippen molar-refractivity contribution >= 4 is 10.0 Å². The molecule has 1 heterocycles. The molecule has 104 valence electrons. The number of piperidine rings is 1. The number of benzene rings is 1. The fraction of sp³-hybridized carbons (Fsp3) is 0.600. The van der Waals surface area contributed by atoms with E-state index >= 15 is 0 Å². The van der Waals surface area contributed by atoms with E-state index in [9.17, 15) is 8.42 Å². The van der Waals surface area contributed by atoms with Crippen LogP contribution in [0.1, 0.15) is 45.6 Å². The van der Waals surface area contributed by atoms with Crippen molar-refractivity contribution in [2.24, 2.45) is 0 Å². The third kappa shape index (κ3) is 2.11. The highest BCUT2D eigenvalue weighted by molar-refractivity contribution is 7.89. The van der Waals surface area contributed by atoms with E-state index in [4.69, 9.17) is 0 Å². The standard InChI is InChI=1S/C15H21NO2S/c1-15(2,3)11-7-9-12(10-8-11)19(17,18)16-13-5-4-6-14(13)16/h7-10,13-14H,4-6H2,1-3H3. The first kappa shape index (κ1) is 13.1. The molecule has 2 aliphatic rings. The van der Waals surface area contributed by atoms with E-state index in [1.807, 2.05) is 12.1 Å². The maximum atomic E-state index is 12.5. The van der Waals surface area contributed by atoms with Gasteiger partial charge in [0.25, 0.3) is 0 Å². The van der Waals surface area contributed by atoms with E-state index in [0.717, 1.165) is 18.4 Å². The van der Waals surface area contributed by atoms with Crippen LogP contribution in [-0.2, 0) is 15.4 Å². The normalized spacial score (nSPS) is 30.2. The Labute approximate surface area is 115 Å². The molecule has 3 rings (SSSR count). The molecule has 1 aromatic carbocycles. The Balaban J connectivity index is 1.87. The Morgan fingerprint density at radius 1 is 1.05 bits per heavy atom. The van der Waals surface area contributed by atoms with Crippen molar-refractivity contribution in [1.82, 2.24) is 4.31 Å². The van der Waals surface area contributed by atoms with Gasteiger partial charge >= 0.3 is 0 Å². The van der Waals surface area contributed by atoms with Gasteiger partial charge in [0.15, 0.2) is 0 Å². The quantitative estimate of drug-likeness (QED) is 0.781. The fourth-order valence-electron chi connectivity index (χ4n) is 3.09. The molecule has 19 heavy (non-hydrogen) atoms. The molecule has 2 unspecified atom stereocenters. The van der Waals surface area contributed by atoms with Crippen molar-refractivity contribution in [1.29, 1.82) is 0 Å². The summed E-state index contributed by atoms with van der Waals surface area (Å²) in [6.07, 6.45) is 3.23. The number of hydrogen-bond acceptors (Lipinski definition) is 2. The number of nitrogens with zero attached hydrogens (tertiary/aromatic N) is 1. The van der Waals surface area contributed by atoms with Crippen LogP contribution in [0, 0.1) is 0 Å². The molecule has 1 aliphatic carbocycles. The van der Waals surface area contributed by atoms with Crippen LogP contribution in [0.15, 0.2) is 29.2 Å². The van der Waals surface area contributed by atoms with Gasteiger partial charge < -0.3 is 0 Å². The van der Waals surface area contributed by atoms with Crippen molar-refractivity contribution in [3.63, 3.8) is 0 Å². The summed E-state index contributed by atoms with van der Waals surface area (Å²) in [5.74, 6) is 0. The largest absolute Gasteiger partial charge is 0.243 e. The second kappa shape index (κ2) is 4.06. The highest BCUT2D eigenvalue weighted by Gasteiger charge is 2.57. The Hall–Kier alpha value is -0.870. The maximum Gasteiger partial charge on any atom is 0.243 e. The summed E-state index contributed by atoms with van der Waals surface area (Å²) in [6, 6.07) is 7.95. The smallest absolute Gasteiger partial charge is 0.207 e. The van der Waals surface area contributed by atoms with Gasteiger partial charge in [-0.15, -0.1) is 0 Å². The Morgan fingerprint density at radius 3 is 2.05 bits per heavy atom. The molecule has 4 heteroatoms. The molecule has 0 radical (unpaired) electrons. The van der Waals surface area contributed by atoms with Gasteiger partial charge in [-0.05, 0) is 36.0 Å². The fourth-order valence-corrected chi connectivity index (χ4v) is 4.96. The molecular weight excluding hydrogens is 258 g/mol. The number of sulfonamides is 1. The summed E-state index contributed by atoms with van der Waals surface area (Å²) in [5, 5.41) is 0. The zero-order chi connectivity index (χ0) is 13.8. The number of hydrogen-bond donors (Lipinski definition) is 0. The molecule has 0 spiro atoms. The van der Waals surface area contributed by atoms with Crippen LogP contribution >= 0.6 is 0 Å². The monoisotopic (exact) mass is 279 g/mol. The van der Waals surface area contributed by atoms with E-state index in [1.54, 1.807) is 16.4 Å². The zero-order valence-corrected chi connectivity index (χ0v) is 12.6. The minimum absolute atomic E-state index is 0.0542. The van der Waals surface area contributed by atoms with E-state index in [-0.39, 0.29) is 17.5 Å². The average Bonchev–Trinajstić information content (AvgIpc) is 2.85. The molecule has 0 aromatic heterocycles. The number of rotatable bonds is 2.